The number of methoxy groups -OCH3 is 1. The lowest BCUT2D eigenvalue weighted by atomic mass is 10.2. The number of phenols is 1. The highest BCUT2D eigenvalue weighted by Crippen LogP contribution is 2.38. The third-order valence-corrected chi connectivity index (χ3v) is 2.84. The van der Waals surface area contributed by atoms with Gasteiger partial charge in [0.15, 0.2) is 0 Å². The van der Waals surface area contributed by atoms with E-state index in [0.29, 0.717) is 16.8 Å². The lowest BCUT2D eigenvalue weighted by Gasteiger charge is -2.01. The maximum absolute atomic E-state index is 9.60. The van der Waals surface area contributed by atoms with Crippen LogP contribution in [0.15, 0.2) is 17.5 Å². The molecule has 0 radical (unpaired) electrons. The molecule has 0 spiro atoms. The number of ether oxygens (including phenoxy) is 1. The van der Waals surface area contributed by atoms with Gasteiger partial charge in [-0.25, -0.2) is 0 Å². The summed E-state index contributed by atoms with van der Waals surface area (Å²) in [7, 11) is 1.57. The normalized spacial score (nSPS) is 10.5. The molecule has 0 unspecified atom stereocenters. The topological polar surface area (TPSA) is 55.5 Å². The summed E-state index contributed by atoms with van der Waals surface area (Å²) in [6.45, 7) is 0. The van der Waals surface area contributed by atoms with Crippen molar-refractivity contribution in [3.63, 3.8) is 0 Å². The number of nitrogen functional groups attached to an aromatic ring is 1. The van der Waals surface area contributed by atoms with E-state index < -0.39 is 0 Å². The van der Waals surface area contributed by atoms with Gasteiger partial charge >= 0.3 is 0 Å². The second-order valence-electron chi connectivity index (χ2n) is 2.71. The van der Waals surface area contributed by atoms with Gasteiger partial charge in [0, 0.05) is 16.1 Å². The molecule has 1 aromatic heterocycles. The smallest absolute Gasteiger partial charge is 0.130 e. The second-order valence-corrected chi connectivity index (χ2v) is 3.62. The van der Waals surface area contributed by atoms with Crippen molar-refractivity contribution in [3.8, 4) is 11.5 Å². The van der Waals surface area contributed by atoms with Crippen LogP contribution >= 0.6 is 11.3 Å². The largest absolute Gasteiger partial charge is 0.507 e. The number of phenolic OH excluding ortho intramolecular Hbond substituents is 1. The quantitative estimate of drug-likeness (QED) is 0.733. The maximum atomic E-state index is 9.60. The fraction of sp³-hybridized carbons (Fsp3) is 0.111. The second kappa shape index (κ2) is 2.81. The average Bonchev–Trinajstić information content (AvgIpc) is 2.48. The zero-order valence-corrected chi connectivity index (χ0v) is 7.89. The minimum atomic E-state index is 0.174. The Bertz CT molecular complexity index is 450. The van der Waals surface area contributed by atoms with E-state index in [1.54, 1.807) is 13.2 Å². The molecule has 0 aliphatic rings. The SMILES string of the molecule is COc1cc(O)c2c(N)csc2c1. The molecule has 68 valence electrons. The minimum Gasteiger partial charge on any atom is -0.507 e. The average molecular weight is 195 g/mol. The summed E-state index contributed by atoms with van der Waals surface area (Å²) in [5.41, 5.74) is 6.29. The van der Waals surface area contributed by atoms with Crippen molar-refractivity contribution in [2.24, 2.45) is 0 Å². The summed E-state index contributed by atoms with van der Waals surface area (Å²) in [5.74, 6) is 0.819. The van der Waals surface area contributed by atoms with Gasteiger partial charge in [0.05, 0.1) is 18.2 Å². The molecular formula is C9H9NO2S. The summed E-state index contributed by atoms with van der Waals surface area (Å²) in [4.78, 5) is 0. The number of fused-ring (bicyclic) bond motifs is 1. The molecule has 2 aromatic rings. The summed E-state index contributed by atoms with van der Waals surface area (Å²) >= 11 is 1.49. The Labute approximate surface area is 79.4 Å². The van der Waals surface area contributed by atoms with Crippen molar-refractivity contribution in [3.05, 3.63) is 17.5 Å². The standard InChI is InChI=1S/C9H9NO2S/c1-12-5-2-7(11)9-6(10)4-13-8(9)3-5/h2-4,11H,10H2,1H3. The molecule has 0 fully saturated rings. The Hall–Kier alpha value is -1.42. The van der Waals surface area contributed by atoms with Crippen LogP contribution in [0.3, 0.4) is 0 Å². The monoisotopic (exact) mass is 195 g/mol. The van der Waals surface area contributed by atoms with Gasteiger partial charge in [-0.2, -0.15) is 0 Å². The van der Waals surface area contributed by atoms with Gasteiger partial charge in [-0.05, 0) is 6.07 Å². The van der Waals surface area contributed by atoms with Crippen LogP contribution in [0.1, 0.15) is 0 Å². The molecule has 3 N–H and O–H groups in total. The fourth-order valence-corrected chi connectivity index (χ4v) is 2.16. The first-order valence-corrected chi connectivity index (χ1v) is 4.64. The van der Waals surface area contributed by atoms with Crippen molar-refractivity contribution in [2.75, 3.05) is 12.8 Å². The molecule has 0 saturated heterocycles. The first-order chi connectivity index (χ1) is 6.22. The summed E-state index contributed by atoms with van der Waals surface area (Å²) in [6, 6.07) is 3.42. The third kappa shape index (κ3) is 1.19. The zero-order valence-electron chi connectivity index (χ0n) is 7.07. The number of rotatable bonds is 1. The van der Waals surface area contributed by atoms with Gasteiger partial charge < -0.3 is 15.6 Å². The molecule has 3 nitrogen and oxygen atoms in total. The lowest BCUT2D eigenvalue weighted by Crippen LogP contribution is -1.84. The van der Waals surface area contributed by atoms with Crippen LogP contribution in [0.5, 0.6) is 11.5 Å². The molecule has 0 atom stereocenters. The van der Waals surface area contributed by atoms with Crippen molar-refractivity contribution in [2.45, 2.75) is 0 Å². The van der Waals surface area contributed by atoms with Gasteiger partial charge in [0.2, 0.25) is 0 Å². The predicted octanol–water partition coefficient (Wildman–Crippen LogP) is 2.20. The van der Waals surface area contributed by atoms with Crippen LogP contribution < -0.4 is 10.5 Å². The highest BCUT2D eigenvalue weighted by Gasteiger charge is 2.07. The van der Waals surface area contributed by atoms with Gasteiger partial charge in [-0.1, -0.05) is 0 Å². The number of anilines is 1. The van der Waals surface area contributed by atoms with E-state index >= 15 is 0 Å². The van der Waals surface area contributed by atoms with Crippen LogP contribution in [-0.4, -0.2) is 12.2 Å². The Morgan fingerprint density at radius 1 is 1.46 bits per heavy atom. The molecule has 0 saturated carbocycles. The summed E-state index contributed by atoms with van der Waals surface area (Å²) < 4.78 is 5.96. The molecule has 2 rings (SSSR count). The van der Waals surface area contributed by atoms with E-state index in [9.17, 15) is 5.11 Å². The number of aromatic hydroxyl groups is 1. The van der Waals surface area contributed by atoms with E-state index in [2.05, 4.69) is 0 Å². The molecule has 4 heteroatoms. The van der Waals surface area contributed by atoms with Gasteiger partial charge in [-0.3, -0.25) is 0 Å². The molecule has 1 heterocycles. The van der Waals surface area contributed by atoms with Crippen LogP contribution in [0.25, 0.3) is 10.1 Å². The van der Waals surface area contributed by atoms with Crippen molar-refractivity contribution in [1.82, 2.24) is 0 Å². The van der Waals surface area contributed by atoms with Gasteiger partial charge in [-0.15, -0.1) is 11.3 Å². The first-order valence-electron chi connectivity index (χ1n) is 3.76. The van der Waals surface area contributed by atoms with E-state index in [1.165, 1.54) is 11.3 Å². The number of thiophene rings is 1. The zero-order chi connectivity index (χ0) is 9.42. The lowest BCUT2D eigenvalue weighted by molar-refractivity contribution is 0.409. The molecule has 0 amide bonds. The van der Waals surface area contributed by atoms with E-state index in [4.69, 9.17) is 10.5 Å². The Morgan fingerprint density at radius 3 is 2.92 bits per heavy atom. The van der Waals surface area contributed by atoms with Gasteiger partial charge in [0.1, 0.15) is 11.5 Å². The number of hydrogen-bond acceptors (Lipinski definition) is 4. The molecular weight excluding hydrogens is 186 g/mol. The predicted molar refractivity (Wildman–Crippen MR) is 54.5 cm³/mol. The highest BCUT2D eigenvalue weighted by atomic mass is 32.1. The van der Waals surface area contributed by atoms with Gasteiger partial charge in [0.25, 0.3) is 0 Å². The van der Waals surface area contributed by atoms with Crippen molar-refractivity contribution in [1.29, 1.82) is 0 Å². The molecule has 1 aromatic carbocycles. The van der Waals surface area contributed by atoms with Crippen LogP contribution in [0.2, 0.25) is 0 Å². The number of nitrogens with two attached hydrogens (primary N) is 1. The highest BCUT2D eigenvalue weighted by molar-refractivity contribution is 7.17. The molecule has 0 bridgehead atoms. The van der Waals surface area contributed by atoms with Crippen LogP contribution in [-0.2, 0) is 0 Å². The van der Waals surface area contributed by atoms with E-state index in [0.717, 1.165) is 4.70 Å². The number of hydrogen-bond donors (Lipinski definition) is 2. The van der Waals surface area contributed by atoms with Crippen LogP contribution in [0.4, 0.5) is 5.69 Å². The Kier molecular flexibility index (Phi) is 1.77. The number of benzene rings is 1. The van der Waals surface area contributed by atoms with E-state index in [-0.39, 0.29) is 5.75 Å². The van der Waals surface area contributed by atoms with E-state index in [1.807, 2.05) is 11.4 Å². The summed E-state index contributed by atoms with van der Waals surface area (Å²) in [5, 5.41) is 12.1. The maximum Gasteiger partial charge on any atom is 0.130 e. The summed E-state index contributed by atoms with van der Waals surface area (Å²) in [6.07, 6.45) is 0. The molecule has 0 aliphatic heterocycles. The minimum absolute atomic E-state index is 0.174. The first kappa shape index (κ1) is 8.19. The molecule has 13 heavy (non-hydrogen) atoms. The van der Waals surface area contributed by atoms with Crippen molar-refractivity contribution >= 4 is 27.1 Å². The Balaban J connectivity index is 2.79. The fourth-order valence-electron chi connectivity index (χ4n) is 1.26. The molecule has 0 aliphatic carbocycles. The third-order valence-electron chi connectivity index (χ3n) is 1.89. The van der Waals surface area contributed by atoms with Crippen molar-refractivity contribution < 1.29 is 9.84 Å². The Morgan fingerprint density at radius 2 is 2.23 bits per heavy atom. The van der Waals surface area contributed by atoms with Crippen LogP contribution in [0, 0.1) is 0 Å².